The van der Waals surface area contributed by atoms with Gasteiger partial charge < -0.3 is 0 Å². The lowest BCUT2D eigenvalue weighted by atomic mass is 9.49. The van der Waals surface area contributed by atoms with Crippen LogP contribution in [0.4, 0.5) is 5.69 Å². The van der Waals surface area contributed by atoms with Crippen LogP contribution in [-0.2, 0) is 9.59 Å². The summed E-state index contributed by atoms with van der Waals surface area (Å²) in [7, 11) is 0. The molecule has 162 valence electrons. The monoisotopic (exact) mass is 477 g/mol. The molecular weight excluding hydrogens is 458 g/mol. The van der Waals surface area contributed by atoms with Crippen LogP contribution in [0.5, 0.6) is 0 Å². The van der Waals surface area contributed by atoms with Crippen molar-refractivity contribution in [3.05, 3.63) is 43.8 Å². The van der Waals surface area contributed by atoms with Gasteiger partial charge in [-0.1, -0.05) is 29.4 Å². The topological polar surface area (TPSA) is 92.5 Å². The van der Waals surface area contributed by atoms with E-state index in [0.717, 1.165) is 36.0 Å². The molecule has 0 aromatic heterocycles. The fraction of sp³-hybridized carbons (Fsp3) is 0.476. The van der Waals surface area contributed by atoms with Gasteiger partial charge >= 0.3 is 0 Å². The fourth-order valence-corrected chi connectivity index (χ4v) is 7.45. The number of hydrogen-bond acceptors (Lipinski definition) is 6. The lowest BCUT2D eigenvalue weighted by Gasteiger charge is -2.55. The van der Waals surface area contributed by atoms with E-state index in [1.165, 1.54) is 37.5 Å². The molecule has 10 heteroatoms. The van der Waals surface area contributed by atoms with Gasteiger partial charge in [-0.05, 0) is 86.2 Å². The van der Waals surface area contributed by atoms with Crippen LogP contribution < -0.4 is 5.43 Å². The highest BCUT2D eigenvalue weighted by atomic mass is 35.5. The lowest BCUT2D eigenvalue weighted by Crippen LogP contribution is -2.57. The molecular formula is C21H20ClN3O4S2. The van der Waals surface area contributed by atoms with Gasteiger partial charge in [-0.25, -0.2) is 0 Å². The summed E-state index contributed by atoms with van der Waals surface area (Å²) < 4.78 is 0.248. The summed E-state index contributed by atoms with van der Waals surface area (Å²) in [5.41, 5.74) is 2.64. The minimum absolute atomic E-state index is 0.0255. The molecule has 4 aliphatic carbocycles. The molecule has 1 heterocycles. The van der Waals surface area contributed by atoms with E-state index in [1.54, 1.807) is 6.07 Å². The molecule has 5 fully saturated rings. The number of hydrazine groups is 1. The number of nitro benzene ring substituents is 1. The van der Waals surface area contributed by atoms with Crippen molar-refractivity contribution in [2.75, 3.05) is 0 Å². The Morgan fingerprint density at radius 2 is 1.87 bits per heavy atom. The molecule has 7 nitrogen and oxygen atoms in total. The Labute approximate surface area is 193 Å². The molecule has 4 bridgehead atoms. The first-order valence-electron chi connectivity index (χ1n) is 10.3. The number of carbonyl (C=O) groups excluding carboxylic acids is 2. The maximum absolute atomic E-state index is 13.3. The first-order valence-corrected chi connectivity index (χ1v) is 11.9. The molecule has 1 aliphatic heterocycles. The fourth-order valence-electron chi connectivity index (χ4n) is 6.08. The maximum atomic E-state index is 13.3. The van der Waals surface area contributed by atoms with Gasteiger partial charge in [0, 0.05) is 6.07 Å². The second-order valence-electron chi connectivity index (χ2n) is 9.12. The number of thiocarbonyl (C=S) groups is 1. The molecule has 6 rings (SSSR count). The molecule has 2 amide bonds. The Hall–Kier alpha value is -1.97. The first-order chi connectivity index (χ1) is 14.7. The zero-order chi connectivity index (χ0) is 21.9. The first kappa shape index (κ1) is 20.9. The third-order valence-electron chi connectivity index (χ3n) is 6.99. The zero-order valence-electron chi connectivity index (χ0n) is 16.5. The van der Waals surface area contributed by atoms with Crippen LogP contribution in [0.2, 0.25) is 5.02 Å². The van der Waals surface area contributed by atoms with Gasteiger partial charge in [-0.15, -0.1) is 0 Å². The van der Waals surface area contributed by atoms with Crippen LogP contribution in [0.25, 0.3) is 6.08 Å². The van der Waals surface area contributed by atoms with Crippen LogP contribution in [0.15, 0.2) is 23.1 Å². The number of carbonyl (C=O) groups is 2. The van der Waals surface area contributed by atoms with Crippen molar-refractivity contribution in [2.24, 2.45) is 23.2 Å². The summed E-state index contributed by atoms with van der Waals surface area (Å²) in [6, 6.07) is 4.32. The third kappa shape index (κ3) is 3.66. The zero-order valence-corrected chi connectivity index (χ0v) is 18.9. The van der Waals surface area contributed by atoms with Crippen molar-refractivity contribution >= 4 is 63.5 Å². The van der Waals surface area contributed by atoms with E-state index in [0.29, 0.717) is 28.2 Å². The van der Waals surface area contributed by atoms with Gasteiger partial charge in [0.05, 0.1) is 15.2 Å². The summed E-state index contributed by atoms with van der Waals surface area (Å²) in [5, 5.41) is 12.3. The number of nitrogens with one attached hydrogen (secondary N) is 1. The van der Waals surface area contributed by atoms with Crippen LogP contribution in [-0.4, -0.2) is 26.1 Å². The quantitative estimate of drug-likeness (QED) is 0.292. The third-order valence-corrected chi connectivity index (χ3v) is 8.61. The SMILES string of the molecule is O=C1/C(=C/c2ccc(Cl)c([N+](=O)[O-])c2)SC(=S)N1NC(=O)C12CC3CC(CC(C3)C1)C2. The van der Waals surface area contributed by atoms with Crippen molar-refractivity contribution < 1.29 is 14.5 Å². The van der Waals surface area contributed by atoms with Crippen LogP contribution >= 0.6 is 35.6 Å². The van der Waals surface area contributed by atoms with Crippen LogP contribution in [0, 0.1) is 33.3 Å². The largest absolute Gasteiger partial charge is 0.288 e. The Morgan fingerprint density at radius 1 is 1.26 bits per heavy atom. The molecule has 4 saturated carbocycles. The average Bonchev–Trinajstić information content (AvgIpc) is 2.95. The molecule has 1 aromatic rings. The van der Waals surface area contributed by atoms with Gasteiger partial charge in [0.2, 0.25) is 5.91 Å². The smallest absolute Gasteiger partial charge is 0.273 e. The molecule has 0 atom stereocenters. The van der Waals surface area contributed by atoms with E-state index >= 15 is 0 Å². The second-order valence-corrected chi connectivity index (χ2v) is 11.2. The predicted molar refractivity (Wildman–Crippen MR) is 122 cm³/mol. The Balaban J connectivity index is 1.34. The standard InChI is InChI=1S/C21H20ClN3O4S2/c22-15-2-1-11(6-16(15)25(28)29)7-17-18(26)24(20(30)31-17)23-19(27)21-8-12-3-13(9-21)5-14(4-12)10-21/h1-2,6-7,12-14H,3-5,8-10H2,(H,23,27)/b17-7-. The van der Waals surface area contributed by atoms with E-state index in [4.69, 9.17) is 23.8 Å². The van der Waals surface area contributed by atoms with Crippen molar-refractivity contribution in [2.45, 2.75) is 38.5 Å². The van der Waals surface area contributed by atoms with Crippen molar-refractivity contribution in [1.29, 1.82) is 0 Å². The van der Waals surface area contributed by atoms with E-state index in [2.05, 4.69) is 5.43 Å². The maximum Gasteiger partial charge on any atom is 0.288 e. The molecule has 0 radical (unpaired) electrons. The molecule has 31 heavy (non-hydrogen) atoms. The van der Waals surface area contributed by atoms with E-state index in [-0.39, 0.29) is 20.9 Å². The van der Waals surface area contributed by atoms with Gasteiger partial charge in [-0.2, -0.15) is 5.01 Å². The molecule has 5 aliphatic rings. The molecule has 0 spiro atoms. The van der Waals surface area contributed by atoms with Crippen molar-refractivity contribution in [1.82, 2.24) is 10.4 Å². The number of amides is 2. The number of rotatable bonds is 4. The highest BCUT2D eigenvalue weighted by Gasteiger charge is 2.55. The highest BCUT2D eigenvalue weighted by Crippen LogP contribution is 2.60. The number of nitrogens with zero attached hydrogens (tertiary/aromatic N) is 2. The van der Waals surface area contributed by atoms with Crippen molar-refractivity contribution in [3.63, 3.8) is 0 Å². The second kappa shape index (κ2) is 7.56. The summed E-state index contributed by atoms with van der Waals surface area (Å²) in [6.07, 6.45) is 7.88. The summed E-state index contributed by atoms with van der Waals surface area (Å²) in [4.78, 5) is 37.1. The minimum Gasteiger partial charge on any atom is -0.273 e. The average molecular weight is 478 g/mol. The molecule has 1 saturated heterocycles. The van der Waals surface area contributed by atoms with Crippen LogP contribution in [0.1, 0.15) is 44.1 Å². The van der Waals surface area contributed by atoms with Crippen molar-refractivity contribution in [3.8, 4) is 0 Å². The Bertz CT molecular complexity index is 1020. The van der Waals surface area contributed by atoms with Gasteiger partial charge in [0.25, 0.3) is 11.6 Å². The molecule has 1 N–H and O–H groups in total. The normalized spacial score (nSPS) is 32.7. The molecule has 0 unspecified atom stereocenters. The minimum atomic E-state index is -0.573. The van der Waals surface area contributed by atoms with Gasteiger partial charge in [-0.3, -0.25) is 25.1 Å². The Kier molecular flexibility index (Phi) is 5.10. The van der Waals surface area contributed by atoms with E-state index in [9.17, 15) is 19.7 Å². The Morgan fingerprint density at radius 3 is 2.45 bits per heavy atom. The lowest BCUT2D eigenvalue weighted by molar-refractivity contribution is -0.384. The summed E-state index contributed by atoms with van der Waals surface area (Å²) in [6.45, 7) is 0. The number of hydrogen-bond donors (Lipinski definition) is 1. The number of halogens is 1. The number of thioether (sulfide) groups is 1. The van der Waals surface area contributed by atoms with E-state index < -0.39 is 16.2 Å². The number of benzene rings is 1. The van der Waals surface area contributed by atoms with Gasteiger partial charge in [0.1, 0.15) is 5.02 Å². The van der Waals surface area contributed by atoms with Gasteiger partial charge in [0.15, 0.2) is 4.32 Å². The predicted octanol–water partition coefficient (Wildman–Crippen LogP) is 4.70. The number of nitro groups is 1. The van der Waals surface area contributed by atoms with Crippen LogP contribution in [0.3, 0.4) is 0 Å². The highest BCUT2D eigenvalue weighted by molar-refractivity contribution is 8.26. The summed E-state index contributed by atoms with van der Waals surface area (Å²) in [5.74, 6) is 1.31. The molecule has 1 aromatic carbocycles. The van der Waals surface area contributed by atoms with E-state index in [1.807, 2.05) is 0 Å². The summed E-state index contributed by atoms with van der Waals surface area (Å²) >= 11 is 12.3.